The van der Waals surface area contributed by atoms with E-state index in [1.165, 1.54) is 4.90 Å². The molecule has 0 saturated heterocycles. The summed E-state index contributed by atoms with van der Waals surface area (Å²) < 4.78 is 10.8. The van der Waals surface area contributed by atoms with Gasteiger partial charge in [-0.2, -0.15) is 0 Å². The summed E-state index contributed by atoms with van der Waals surface area (Å²) in [4.78, 5) is 39.0. The van der Waals surface area contributed by atoms with Gasteiger partial charge in [-0.25, -0.2) is 9.59 Å². The lowest BCUT2D eigenvalue weighted by Gasteiger charge is -2.35. The third-order valence-electron chi connectivity index (χ3n) is 3.73. The fraction of sp³-hybridized carbons (Fsp3) is 0.611. The highest BCUT2D eigenvalue weighted by molar-refractivity contribution is 7.16. The fourth-order valence-corrected chi connectivity index (χ4v) is 4.06. The summed E-state index contributed by atoms with van der Waals surface area (Å²) in [6, 6.07) is -1.04. The van der Waals surface area contributed by atoms with Crippen LogP contribution >= 0.6 is 11.3 Å². The summed E-state index contributed by atoms with van der Waals surface area (Å²) in [7, 11) is 0. The molecule has 1 aromatic rings. The van der Waals surface area contributed by atoms with Gasteiger partial charge in [0.05, 0.1) is 5.56 Å². The van der Waals surface area contributed by atoms with Crippen molar-refractivity contribution in [1.82, 2.24) is 4.90 Å². The smallest absolute Gasteiger partial charge is 0.411 e. The number of hydrogen-bond acceptors (Lipinski definition) is 7. The largest absolute Gasteiger partial charge is 0.456 e. The number of ether oxygens (including phenoxy) is 2. The number of nitrogens with zero attached hydrogens (tertiary/aromatic N) is 1. The van der Waals surface area contributed by atoms with Gasteiger partial charge in [0, 0.05) is 11.4 Å². The van der Waals surface area contributed by atoms with Crippen LogP contribution in [0.1, 0.15) is 68.4 Å². The molecular weight excluding hydrogens is 370 g/mol. The molecule has 2 rings (SSSR count). The topological polar surface area (TPSA) is 125 Å². The average Bonchev–Trinajstić information content (AvgIpc) is 2.77. The Labute approximate surface area is 162 Å². The minimum absolute atomic E-state index is 0.182. The van der Waals surface area contributed by atoms with E-state index in [0.717, 1.165) is 11.3 Å². The molecule has 0 saturated carbocycles. The Morgan fingerprint density at radius 1 is 1.07 bits per heavy atom. The van der Waals surface area contributed by atoms with Crippen LogP contribution in [0.3, 0.4) is 0 Å². The van der Waals surface area contributed by atoms with Gasteiger partial charge in [0.1, 0.15) is 22.2 Å². The maximum Gasteiger partial charge on any atom is 0.411 e. The molecule has 0 spiro atoms. The number of esters is 1. The molecule has 8 nitrogen and oxygen atoms in total. The molecule has 4 N–H and O–H groups in total. The number of carbonyl (C=O) groups is 3. The second-order valence-electron chi connectivity index (χ2n) is 8.41. The Bertz CT molecular complexity index is 773. The van der Waals surface area contributed by atoms with Gasteiger partial charge in [0.15, 0.2) is 0 Å². The first kappa shape index (κ1) is 21.0. The number of rotatable bonds is 2. The molecule has 1 atom stereocenters. The third kappa shape index (κ3) is 4.71. The van der Waals surface area contributed by atoms with Crippen LogP contribution in [0, 0.1) is 0 Å². The Hall–Kier alpha value is -2.29. The van der Waals surface area contributed by atoms with Crippen LogP contribution in [0.4, 0.5) is 9.80 Å². The Morgan fingerprint density at radius 3 is 2.11 bits per heavy atom. The number of hydrogen-bond donors (Lipinski definition) is 2. The zero-order valence-electron chi connectivity index (χ0n) is 16.5. The third-order valence-corrected chi connectivity index (χ3v) is 4.84. The van der Waals surface area contributed by atoms with Gasteiger partial charge in [0.2, 0.25) is 5.91 Å². The number of nitrogen functional groups attached to an aromatic ring is 1. The van der Waals surface area contributed by atoms with E-state index >= 15 is 0 Å². The number of fused-ring (bicyclic) bond motifs is 1. The van der Waals surface area contributed by atoms with Crippen LogP contribution in [0.15, 0.2) is 0 Å². The van der Waals surface area contributed by atoms with Crippen molar-refractivity contribution in [2.75, 3.05) is 12.3 Å². The quantitative estimate of drug-likeness (QED) is 0.739. The van der Waals surface area contributed by atoms with Crippen molar-refractivity contribution in [2.45, 2.75) is 65.2 Å². The number of amides is 2. The minimum atomic E-state index is -1.04. The first-order valence-electron chi connectivity index (χ1n) is 8.64. The summed E-state index contributed by atoms with van der Waals surface area (Å²) in [5, 5.41) is 0.242. The van der Waals surface area contributed by atoms with Crippen LogP contribution in [-0.4, -0.2) is 40.6 Å². The van der Waals surface area contributed by atoms with Crippen LogP contribution in [0.2, 0.25) is 0 Å². The number of anilines is 1. The molecule has 0 unspecified atom stereocenters. The molecule has 2 amide bonds. The van der Waals surface area contributed by atoms with Crippen molar-refractivity contribution in [3.05, 3.63) is 16.0 Å². The molecule has 0 radical (unpaired) electrons. The van der Waals surface area contributed by atoms with Crippen molar-refractivity contribution in [3.63, 3.8) is 0 Å². The summed E-state index contributed by atoms with van der Waals surface area (Å²) in [5.74, 6) is -1.26. The highest BCUT2D eigenvalue weighted by atomic mass is 32.1. The Kier molecular flexibility index (Phi) is 5.47. The molecule has 1 aromatic heterocycles. The van der Waals surface area contributed by atoms with Gasteiger partial charge >= 0.3 is 12.1 Å². The van der Waals surface area contributed by atoms with E-state index in [9.17, 15) is 14.4 Å². The zero-order valence-corrected chi connectivity index (χ0v) is 17.4. The molecule has 9 heteroatoms. The first-order valence-corrected chi connectivity index (χ1v) is 9.46. The van der Waals surface area contributed by atoms with Gasteiger partial charge in [0.25, 0.3) is 0 Å². The SMILES string of the molecule is CC(C)(C)OC(=O)c1c(N)sc2c1CCN(C(=O)OC(C)(C)C)[C@@H]2C(N)=O. The molecule has 0 aromatic carbocycles. The van der Waals surface area contributed by atoms with Crippen LogP contribution in [-0.2, 0) is 20.7 Å². The molecule has 1 aliphatic heterocycles. The lowest BCUT2D eigenvalue weighted by Crippen LogP contribution is -2.47. The second-order valence-corrected chi connectivity index (χ2v) is 9.50. The first-order chi connectivity index (χ1) is 12.2. The van der Waals surface area contributed by atoms with Crippen molar-refractivity contribution in [1.29, 1.82) is 0 Å². The molecular formula is C18H27N3O5S. The van der Waals surface area contributed by atoms with E-state index in [2.05, 4.69) is 0 Å². The van der Waals surface area contributed by atoms with Crippen LogP contribution < -0.4 is 11.5 Å². The number of primary amides is 1. The molecule has 0 bridgehead atoms. The molecule has 0 aliphatic carbocycles. The van der Waals surface area contributed by atoms with Gasteiger partial charge in [-0.05, 0) is 53.5 Å². The summed E-state index contributed by atoms with van der Waals surface area (Å²) in [5.41, 5.74) is 11.1. The fourth-order valence-electron chi connectivity index (χ4n) is 2.83. The normalized spacial score (nSPS) is 17.3. The predicted octanol–water partition coefficient (Wildman–Crippen LogP) is 2.61. The van der Waals surface area contributed by atoms with Gasteiger partial charge in [-0.15, -0.1) is 11.3 Å². The van der Waals surface area contributed by atoms with E-state index < -0.39 is 35.2 Å². The predicted molar refractivity (Wildman–Crippen MR) is 102 cm³/mol. The maximum absolute atomic E-state index is 12.6. The van der Waals surface area contributed by atoms with Crippen LogP contribution in [0.5, 0.6) is 0 Å². The van der Waals surface area contributed by atoms with E-state index in [1.807, 2.05) is 0 Å². The molecule has 27 heavy (non-hydrogen) atoms. The minimum Gasteiger partial charge on any atom is -0.456 e. The maximum atomic E-state index is 12.6. The molecule has 1 aliphatic rings. The van der Waals surface area contributed by atoms with Crippen LogP contribution in [0.25, 0.3) is 0 Å². The van der Waals surface area contributed by atoms with Gasteiger partial charge in [-0.3, -0.25) is 9.69 Å². The van der Waals surface area contributed by atoms with E-state index in [0.29, 0.717) is 16.9 Å². The Balaban J connectivity index is 2.43. The Morgan fingerprint density at radius 2 is 1.63 bits per heavy atom. The van der Waals surface area contributed by atoms with Crippen molar-refractivity contribution < 1.29 is 23.9 Å². The lowest BCUT2D eigenvalue weighted by molar-refractivity contribution is -0.123. The molecule has 2 heterocycles. The number of thiophene rings is 1. The van der Waals surface area contributed by atoms with Gasteiger partial charge < -0.3 is 20.9 Å². The van der Waals surface area contributed by atoms with Gasteiger partial charge in [-0.1, -0.05) is 0 Å². The van der Waals surface area contributed by atoms with E-state index in [4.69, 9.17) is 20.9 Å². The molecule has 150 valence electrons. The standard InChI is InChI=1S/C18H27N3O5S/c1-17(2,3)25-15(23)10-9-7-8-21(16(24)26-18(4,5)6)11(13(19)22)12(9)27-14(10)20/h11H,7-8,20H2,1-6H3,(H2,19,22)/t11-/m0/s1. The lowest BCUT2D eigenvalue weighted by atomic mass is 9.97. The van der Waals surface area contributed by atoms with Crippen molar-refractivity contribution in [2.24, 2.45) is 5.73 Å². The summed E-state index contributed by atoms with van der Waals surface area (Å²) in [6.07, 6.45) is -0.289. The van der Waals surface area contributed by atoms with Crippen molar-refractivity contribution >= 4 is 34.3 Å². The number of carbonyl (C=O) groups excluding carboxylic acids is 3. The van der Waals surface area contributed by atoms with E-state index in [1.54, 1.807) is 41.5 Å². The van der Waals surface area contributed by atoms with E-state index in [-0.39, 0.29) is 17.1 Å². The second kappa shape index (κ2) is 7.03. The van der Waals surface area contributed by atoms with Crippen molar-refractivity contribution in [3.8, 4) is 0 Å². The highest BCUT2D eigenvalue weighted by Crippen LogP contribution is 2.42. The average molecular weight is 397 g/mol. The highest BCUT2D eigenvalue weighted by Gasteiger charge is 2.41. The summed E-state index contributed by atoms with van der Waals surface area (Å²) in [6.45, 7) is 10.7. The number of nitrogens with two attached hydrogens (primary N) is 2. The monoisotopic (exact) mass is 397 g/mol. The summed E-state index contributed by atoms with van der Waals surface area (Å²) >= 11 is 1.07. The zero-order chi connectivity index (χ0) is 20.7. The molecule has 0 fully saturated rings.